The van der Waals surface area contributed by atoms with Crippen molar-refractivity contribution in [3.63, 3.8) is 0 Å². The summed E-state index contributed by atoms with van der Waals surface area (Å²) in [5.74, 6) is 0.822. The summed E-state index contributed by atoms with van der Waals surface area (Å²) in [6.07, 6.45) is -0.558. The molecule has 0 spiro atoms. The molecule has 4 rings (SSSR count). The number of anilines is 2. The predicted octanol–water partition coefficient (Wildman–Crippen LogP) is 5.69. The Hall–Kier alpha value is -2.59. The largest absolute Gasteiger partial charge is 0.454 e. The molecular weight excluding hydrogens is 477 g/mol. The fourth-order valence-corrected chi connectivity index (χ4v) is 4.34. The molecule has 2 heterocycles. The number of halogens is 2. The molecule has 30 heavy (non-hydrogen) atoms. The molecule has 0 unspecified atom stereocenters. The van der Waals surface area contributed by atoms with Crippen molar-refractivity contribution >= 4 is 54.4 Å². The molecule has 3 aromatic rings. The highest BCUT2D eigenvalue weighted by Crippen LogP contribution is 2.42. The topological polar surface area (TPSA) is 81.7 Å². The van der Waals surface area contributed by atoms with E-state index >= 15 is 0 Å². The van der Waals surface area contributed by atoms with Gasteiger partial charge in [0, 0.05) is 22.3 Å². The first-order valence-electron chi connectivity index (χ1n) is 9.10. The van der Waals surface area contributed by atoms with Crippen molar-refractivity contribution in [3.8, 4) is 11.5 Å². The lowest BCUT2D eigenvalue weighted by Crippen LogP contribution is -2.32. The van der Waals surface area contributed by atoms with Gasteiger partial charge in [0.2, 0.25) is 6.79 Å². The second kappa shape index (κ2) is 7.92. The van der Waals surface area contributed by atoms with Crippen LogP contribution in [0.1, 0.15) is 26.3 Å². The molecule has 1 aliphatic heterocycles. The number of amides is 1. The minimum Gasteiger partial charge on any atom is -0.454 e. The van der Waals surface area contributed by atoms with Gasteiger partial charge >= 0.3 is 6.09 Å². The zero-order chi connectivity index (χ0) is 21.5. The van der Waals surface area contributed by atoms with Crippen molar-refractivity contribution in [2.24, 2.45) is 0 Å². The third-order valence-electron chi connectivity index (χ3n) is 4.11. The van der Waals surface area contributed by atoms with Crippen LogP contribution in [0.15, 0.2) is 28.7 Å². The van der Waals surface area contributed by atoms with Crippen molar-refractivity contribution in [1.29, 1.82) is 0 Å². The summed E-state index contributed by atoms with van der Waals surface area (Å²) in [6, 6.07) is 6.43. The molecule has 0 bridgehead atoms. The Morgan fingerprint density at radius 3 is 2.90 bits per heavy atom. The van der Waals surface area contributed by atoms with Crippen LogP contribution in [-0.4, -0.2) is 23.5 Å². The van der Waals surface area contributed by atoms with Crippen LogP contribution in [-0.2, 0) is 11.3 Å². The van der Waals surface area contributed by atoms with Crippen LogP contribution in [0.2, 0.25) is 0 Å². The van der Waals surface area contributed by atoms with Gasteiger partial charge in [-0.2, -0.15) is 0 Å². The molecule has 0 fully saturated rings. The third-order valence-corrected chi connectivity index (χ3v) is 5.75. The standard InChI is InChI=1S/C20H19BrFN3O4S/c1-20(2,3)29-19(26)23-8-11-12(21)6-10(22)7-13(11)24-18-25-16-15(30-18)5-4-14-17(16)28-9-27-14/h4-7H,8-9H2,1-3H3,(H,23,26)(H,24,25). The highest BCUT2D eigenvalue weighted by Gasteiger charge is 2.21. The van der Waals surface area contributed by atoms with E-state index in [0.29, 0.717) is 37.9 Å². The van der Waals surface area contributed by atoms with Gasteiger partial charge in [-0.25, -0.2) is 14.2 Å². The van der Waals surface area contributed by atoms with Crippen molar-refractivity contribution in [1.82, 2.24) is 10.3 Å². The third kappa shape index (κ3) is 4.44. The summed E-state index contributed by atoms with van der Waals surface area (Å²) in [5, 5.41) is 6.41. The second-order valence-corrected chi connectivity index (χ2v) is 9.44. The lowest BCUT2D eigenvalue weighted by atomic mass is 10.1. The zero-order valence-corrected chi connectivity index (χ0v) is 18.9. The molecule has 0 saturated heterocycles. The minimum atomic E-state index is -0.613. The molecule has 158 valence electrons. The molecule has 0 atom stereocenters. The maximum atomic E-state index is 14.1. The number of fused-ring (bicyclic) bond motifs is 3. The Kier molecular flexibility index (Phi) is 5.46. The quantitative estimate of drug-likeness (QED) is 0.483. The molecule has 1 amide bonds. The Balaban J connectivity index is 1.59. The summed E-state index contributed by atoms with van der Waals surface area (Å²) in [5.41, 5.74) is 1.21. The van der Waals surface area contributed by atoms with Crippen molar-refractivity contribution in [2.45, 2.75) is 32.9 Å². The number of alkyl carbamates (subject to hydrolysis) is 1. The van der Waals surface area contributed by atoms with E-state index in [4.69, 9.17) is 14.2 Å². The van der Waals surface area contributed by atoms with E-state index in [1.54, 1.807) is 20.8 Å². The van der Waals surface area contributed by atoms with Crippen molar-refractivity contribution < 1.29 is 23.4 Å². The number of carbonyl (C=O) groups is 1. The highest BCUT2D eigenvalue weighted by molar-refractivity contribution is 9.10. The number of ether oxygens (including phenoxy) is 3. The molecule has 1 aromatic heterocycles. The van der Waals surface area contributed by atoms with E-state index in [9.17, 15) is 9.18 Å². The van der Waals surface area contributed by atoms with Crippen LogP contribution < -0.4 is 20.1 Å². The van der Waals surface area contributed by atoms with Gasteiger partial charge < -0.3 is 24.8 Å². The summed E-state index contributed by atoms with van der Waals surface area (Å²) < 4.78 is 31.7. The van der Waals surface area contributed by atoms with Crippen molar-refractivity contribution in [2.75, 3.05) is 12.1 Å². The first-order chi connectivity index (χ1) is 14.2. The first-order valence-corrected chi connectivity index (χ1v) is 10.7. The molecule has 0 radical (unpaired) electrons. The SMILES string of the molecule is CC(C)(C)OC(=O)NCc1c(Br)cc(F)cc1Nc1nc2c3c(ccc2s1)OCO3. The first kappa shape index (κ1) is 20.7. The number of thiazole rings is 1. The number of rotatable bonds is 4. The summed E-state index contributed by atoms with van der Waals surface area (Å²) in [4.78, 5) is 16.6. The van der Waals surface area contributed by atoms with Gasteiger partial charge in [-0.1, -0.05) is 27.3 Å². The van der Waals surface area contributed by atoms with Gasteiger partial charge in [-0.05, 0) is 45.0 Å². The second-order valence-electron chi connectivity index (χ2n) is 7.56. The van der Waals surface area contributed by atoms with Crippen LogP contribution >= 0.6 is 27.3 Å². The number of hydrogen-bond donors (Lipinski definition) is 2. The van der Waals surface area contributed by atoms with Gasteiger partial charge in [0.1, 0.15) is 16.9 Å². The number of carbonyl (C=O) groups excluding carboxylic acids is 1. The Morgan fingerprint density at radius 2 is 2.13 bits per heavy atom. The normalized spacial score (nSPS) is 12.8. The minimum absolute atomic E-state index is 0.134. The molecular formula is C20H19BrFN3O4S. The van der Waals surface area contributed by atoms with Crippen LogP contribution in [0.4, 0.5) is 20.0 Å². The fourth-order valence-electron chi connectivity index (χ4n) is 2.89. The number of hydrogen-bond acceptors (Lipinski definition) is 7. The maximum absolute atomic E-state index is 14.1. The Bertz CT molecular complexity index is 1130. The molecule has 1 aliphatic rings. The number of benzene rings is 2. The monoisotopic (exact) mass is 495 g/mol. The van der Waals surface area contributed by atoms with E-state index in [1.165, 1.54) is 23.5 Å². The molecule has 0 aliphatic carbocycles. The Labute approximate surface area is 184 Å². The Morgan fingerprint density at radius 1 is 1.33 bits per heavy atom. The lowest BCUT2D eigenvalue weighted by molar-refractivity contribution is 0.0523. The van der Waals surface area contributed by atoms with Crippen LogP contribution in [0.5, 0.6) is 11.5 Å². The van der Waals surface area contributed by atoms with E-state index in [0.717, 1.165) is 4.70 Å². The van der Waals surface area contributed by atoms with Gasteiger partial charge in [0.25, 0.3) is 0 Å². The fraction of sp³-hybridized carbons (Fsp3) is 0.300. The predicted molar refractivity (Wildman–Crippen MR) is 116 cm³/mol. The van der Waals surface area contributed by atoms with E-state index < -0.39 is 17.5 Å². The zero-order valence-electron chi connectivity index (χ0n) is 16.5. The average Bonchev–Trinajstić information content (AvgIpc) is 3.24. The van der Waals surface area contributed by atoms with Gasteiger partial charge in [-0.15, -0.1) is 0 Å². The number of aromatic nitrogens is 1. The molecule has 0 saturated carbocycles. The van der Waals surface area contributed by atoms with Crippen molar-refractivity contribution in [3.05, 3.63) is 40.1 Å². The summed E-state index contributed by atoms with van der Waals surface area (Å²) in [6.45, 7) is 5.64. The van der Waals surface area contributed by atoms with E-state index in [1.807, 2.05) is 12.1 Å². The average molecular weight is 496 g/mol. The molecule has 10 heteroatoms. The van der Waals surface area contributed by atoms with Crippen LogP contribution in [0, 0.1) is 5.82 Å². The summed E-state index contributed by atoms with van der Waals surface area (Å²) >= 11 is 4.78. The van der Waals surface area contributed by atoms with Gasteiger partial charge in [0.05, 0.1) is 4.70 Å². The smallest absolute Gasteiger partial charge is 0.407 e. The highest BCUT2D eigenvalue weighted by atomic mass is 79.9. The number of nitrogens with zero attached hydrogens (tertiary/aromatic N) is 1. The number of nitrogens with one attached hydrogen (secondary N) is 2. The molecule has 7 nitrogen and oxygen atoms in total. The molecule has 2 aromatic carbocycles. The van der Waals surface area contributed by atoms with Crippen LogP contribution in [0.3, 0.4) is 0 Å². The van der Waals surface area contributed by atoms with Crippen LogP contribution in [0.25, 0.3) is 10.2 Å². The molecule has 2 N–H and O–H groups in total. The van der Waals surface area contributed by atoms with E-state index in [2.05, 4.69) is 31.5 Å². The van der Waals surface area contributed by atoms with Gasteiger partial charge in [0.15, 0.2) is 16.6 Å². The summed E-state index contributed by atoms with van der Waals surface area (Å²) in [7, 11) is 0. The van der Waals surface area contributed by atoms with E-state index in [-0.39, 0.29) is 13.3 Å². The maximum Gasteiger partial charge on any atom is 0.407 e. The lowest BCUT2D eigenvalue weighted by Gasteiger charge is -2.20. The van der Waals surface area contributed by atoms with Gasteiger partial charge in [-0.3, -0.25) is 0 Å².